The van der Waals surface area contributed by atoms with Crippen LogP contribution in [0.15, 0.2) is 35.2 Å². The van der Waals surface area contributed by atoms with Gasteiger partial charge >= 0.3 is 0 Å². The number of thioether (sulfide) groups is 1. The molecule has 130 valence electrons. The summed E-state index contributed by atoms with van der Waals surface area (Å²) < 4.78 is 14.4. The number of rotatable bonds is 5. The molecule has 1 fully saturated rings. The number of hydrogen-bond acceptors (Lipinski definition) is 5. The van der Waals surface area contributed by atoms with E-state index < -0.39 is 11.4 Å². The van der Waals surface area contributed by atoms with Gasteiger partial charge in [-0.25, -0.2) is 0 Å². The van der Waals surface area contributed by atoms with Crippen molar-refractivity contribution >= 4 is 28.8 Å². The summed E-state index contributed by atoms with van der Waals surface area (Å²) >= 11 is 0.608. The van der Waals surface area contributed by atoms with Gasteiger partial charge in [-0.2, -0.15) is 0 Å². The maximum absolute atomic E-state index is 12.9. The Morgan fingerprint density at radius 3 is 2.62 bits per heavy atom. The van der Waals surface area contributed by atoms with Gasteiger partial charge in [0.25, 0.3) is 5.69 Å². The minimum atomic E-state index is -1.17. The van der Waals surface area contributed by atoms with E-state index in [1.165, 1.54) is 12.8 Å². The molecule has 0 amide bonds. The monoisotopic (exact) mass is 366 g/mol. The SMILES string of the molecule is CC(C)(C)[S+]([O-])N1CC=C[C@@H]1c1cc([N+](=O)[O-])ccc1SC1CC1. The molecule has 3 rings (SSSR count). The first-order valence-electron chi connectivity index (χ1n) is 8.07. The summed E-state index contributed by atoms with van der Waals surface area (Å²) in [6.45, 7) is 6.45. The molecule has 2 aliphatic rings. The smallest absolute Gasteiger partial charge is 0.269 e. The van der Waals surface area contributed by atoms with Gasteiger partial charge in [0.15, 0.2) is 0 Å². The molecule has 1 unspecified atom stereocenters. The summed E-state index contributed by atoms with van der Waals surface area (Å²) in [5, 5.41) is 11.8. The van der Waals surface area contributed by atoms with Crippen LogP contribution in [0.25, 0.3) is 0 Å². The molecule has 0 spiro atoms. The molecule has 0 aromatic heterocycles. The molecule has 1 aromatic carbocycles. The minimum absolute atomic E-state index is 0.0898. The molecule has 0 bridgehead atoms. The molecular formula is C17H22N2O3S2. The van der Waals surface area contributed by atoms with Crippen molar-refractivity contribution in [3.8, 4) is 0 Å². The number of nitro groups is 1. The predicted molar refractivity (Wildman–Crippen MR) is 98.5 cm³/mol. The van der Waals surface area contributed by atoms with Crippen molar-refractivity contribution in [2.45, 2.75) is 54.5 Å². The Kier molecular flexibility index (Phi) is 4.97. The van der Waals surface area contributed by atoms with Crippen molar-refractivity contribution in [3.05, 3.63) is 46.0 Å². The average Bonchev–Trinajstić information content (AvgIpc) is 3.19. The lowest BCUT2D eigenvalue weighted by atomic mass is 10.1. The maximum Gasteiger partial charge on any atom is 0.269 e. The van der Waals surface area contributed by atoms with Crippen molar-refractivity contribution in [1.82, 2.24) is 4.31 Å². The number of hydrogen-bond donors (Lipinski definition) is 0. The van der Waals surface area contributed by atoms with E-state index in [-0.39, 0.29) is 21.4 Å². The van der Waals surface area contributed by atoms with Crippen LogP contribution in [0.3, 0.4) is 0 Å². The van der Waals surface area contributed by atoms with E-state index in [0.717, 1.165) is 10.5 Å². The third-order valence-corrected chi connectivity index (χ3v) is 7.27. The fourth-order valence-corrected chi connectivity index (χ4v) is 5.15. The van der Waals surface area contributed by atoms with E-state index in [2.05, 4.69) is 0 Å². The van der Waals surface area contributed by atoms with Gasteiger partial charge in [0, 0.05) is 33.6 Å². The quantitative estimate of drug-likeness (QED) is 0.338. The Morgan fingerprint density at radius 1 is 1.33 bits per heavy atom. The zero-order valence-electron chi connectivity index (χ0n) is 14.1. The van der Waals surface area contributed by atoms with Crippen LogP contribution in [0.5, 0.6) is 0 Å². The van der Waals surface area contributed by atoms with Crippen molar-refractivity contribution in [3.63, 3.8) is 0 Å². The first-order valence-corrected chi connectivity index (χ1v) is 10.1. The van der Waals surface area contributed by atoms with E-state index in [9.17, 15) is 14.7 Å². The minimum Gasteiger partial charge on any atom is -0.597 e. The Morgan fingerprint density at radius 2 is 2.04 bits per heavy atom. The Labute approximate surface area is 150 Å². The normalized spacial score (nSPS) is 22.8. The standard InChI is InChI=1S/C17H22N2O3S2/c1-17(2,3)24(22)18-10-4-5-15(18)14-11-12(19(20)21)6-9-16(14)23-13-7-8-13/h4-6,9,11,13,15H,7-8,10H2,1-3H3/t15-,24?/m1/s1. The van der Waals surface area contributed by atoms with Crippen LogP contribution in [0.4, 0.5) is 5.69 Å². The fraction of sp³-hybridized carbons (Fsp3) is 0.529. The zero-order valence-corrected chi connectivity index (χ0v) is 15.7. The highest BCUT2D eigenvalue weighted by molar-refractivity contribution is 8.00. The lowest BCUT2D eigenvalue weighted by Gasteiger charge is -2.34. The Bertz CT molecular complexity index is 668. The van der Waals surface area contributed by atoms with Crippen LogP contribution in [-0.4, -0.2) is 30.3 Å². The highest BCUT2D eigenvalue weighted by atomic mass is 32.2. The summed E-state index contributed by atoms with van der Waals surface area (Å²) in [6, 6.07) is 4.89. The largest absolute Gasteiger partial charge is 0.597 e. The summed E-state index contributed by atoms with van der Waals surface area (Å²) in [7, 11) is 0. The van der Waals surface area contributed by atoms with E-state index >= 15 is 0 Å². The van der Waals surface area contributed by atoms with Crippen LogP contribution in [-0.2, 0) is 11.4 Å². The number of non-ortho nitro benzene ring substituents is 1. The van der Waals surface area contributed by atoms with E-state index in [1.54, 1.807) is 23.9 Å². The van der Waals surface area contributed by atoms with Gasteiger partial charge in [0.1, 0.15) is 10.8 Å². The first kappa shape index (κ1) is 17.8. The molecule has 1 aliphatic heterocycles. The van der Waals surface area contributed by atoms with E-state index in [0.29, 0.717) is 11.8 Å². The summed E-state index contributed by atoms with van der Waals surface area (Å²) in [5.41, 5.74) is 0.986. The van der Waals surface area contributed by atoms with Crippen LogP contribution >= 0.6 is 11.8 Å². The van der Waals surface area contributed by atoms with Gasteiger partial charge in [-0.3, -0.25) is 10.1 Å². The first-order chi connectivity index (χ1) is 11.3. The van der Waals surface area contributed by atoms with E-state index in [1.807, 2.05) is 43.3 Å². The Balaban J connectivity index is 1.96. The molecular weight excluding hydrogens is 344 g/mol. The van der Waals surface area contributed by atoms with Crippen molar-refractivity contribution in [2.75, 3.05) is 6.54 Å². The lowest BCUT2D eigenvalue weighted by molar-refractivity contribution is -0.385. The van der Waals surface area contributed by atoms with Crippen LogP contribution in [0.1, 0.15) is 45.2 Å². The van der Waals surface area contributed by atoms with Gasteiger partial charge in [0.2, 0.25) is 0 Å². The molecule has 1 saturated carbocycles. The van der Waals surface area contributed by atoms with Gasteiger partial charge in [-0.15, -0.1) is 16.1 Å². The zero-order chi connectivity index (χ0) is 17.5. The second kappa shape index (κ2) is 6.71. The molecule has 24 heavy (non-hydrogen) atoms. The predicted octanol–water partition coefficient (Wildman–Crippen LogP) is 4.22. The van der Waals surface area contributed by atoms with Crippen molar-refractivity contribution in [2.24, 2.45) is 0 Å². The van der Waals surface area contributed by atoms with Crippen molar-refractivity contribution < 1.29 is 9.48 Å². The molecule has 0 N–H and O–H groups in total. The number of nitrogens with zero attached hydrogens (tertiary/aromatic N) is 2. The van der Waals surface area contributed by atoms with Gasteiger partial charge < -0.3 is 4.55 Å². The van der Waals surface area contributed by atoms with Gasteiger partial charge in [-0.1, -0.05) is 12.2 Å². The topological polar surface area (TPSA) is 69.4 Å². The van der Waals surface area contributed by atoms with Crippen LogP contribution in [0, 0.1) is 10.1 Å². The molecule has 1 aromatic rings. The molecule has 1 heterocycles. The third-order valence-electron chi connectivity index (χ3n) is 3.99. The van der Waals surface area contributed by atoms with Crippen LogP contribution in [0.2, 0.25) is 0 Å². The average molecular weight is 367 g/mol. The van der Waals surface area contributed by atoms with E-state index in [4.69, 9.17) is 0 Å². The van der Waals surface area contributed by atoms with Crippen molar-refractivity contribution in [1.29, 1.82) is 0 Å². The van der Waals surface area contributed by atoms with Gasteiger partial charge in [0.05, 0.1) is 11.5 Å². The number of benzene rings is 1. The summed E-state index contributed by atoms with van der Waals surface area (Å²) in [4.78, 5) is 11.9. The third kappa shape index (κ3) is 3.79. The molecule has 7 heteroatoms. The summed E-state index contributed by atoms with van der Waals surface area (Å²) in [5.74, 6) is 0. The second-order valence-corrected chi connectivity index (χ2v) is 10.7. The lowest BCUT2D eigenvalue weighted by Crippen LogP contribution is -2.42. The molecule has 1 aliphatic carbocycles. The Hall–Kier alpha value is -1.02. The maximum atomic E-state index is 12.9. The molecule has 5 nitrogen and oxygen atoms in total. The summed E-state index contributed by atoms with van der Waals surface area (Å²) in [6.07, 6.45) is 6.40. The second-order valence-electron chi connectivity index (χ2n) is 7.13. The number of nitro benzene ring substituents is 1. The highest BCUT2D eigenvalue weighted by Crippen LogP contribution is 2.45. The van der Waals surface area contributed by atoms with Crippen LogP contribution < -0.4 is 0 Å². The molecule has 2 atom stereocenters. The fourth-order valence-electron chi connectivity index (χ4n) is 2.64. The molecule has 0 saturated heterocycles. The molecule has 0 radical (unpaired) electrons. The van der Waals surface area contributed by atoms with Gasteiger partial charge in [-0.05, 0) is 45.2 Å². The highest BCUT2D eigenvalue weighted by Gasteiger charge is 2.40.